The Bertz CT molecular complexity index is 686. The number of nitrogens with one attached hydrogen (secondary N) is 1. The van der Waals surface area contributed by atoms with Crippen molar-refractivity contribution in [3.8, 4) is 0 Å². The number of hydrogen-bond donors (Lipinski definition) is 1. The van der Waals surface area contributed by atoms with E-state index in [4.69, 9.17) is 9.15 Å². The normalized spacial score (nSPS) is 19.4. The minimum Gasteiger partial charge on any atom is -0.408 e. The highest BCUT2D eigenvalue weighted by Gasteiger charge is 2.23. The molecular formula is C14H17FN2O3. The zero-order valence-electron chi connectivity index (χ0n) is 11.5. The van der Waals surface area contributed by atoms with Crippen LogP contribution in [0.15, 0.2) is 15.3 Å². The molecule has 20 heavy (non-hydrogen) atoms. The van der Waals surface area contributed by atoms with Crippen molar-refractivity contribution < 1.29 is 13.5 Å². The molecule has 1 unspecified atom stereocenters. The minimum absolute atomic E-state index is 0.129. The van der Waals surface area contributed by atoms with Crippen molar-refractivity contribution in [2.24, 2.45) is 0 Å². The Morgan fingerprint density at radius 3 is 3.00 bits per heavy atom. The van der Waals surface area contributed by atoms with Crippen LogP contribution in [0.25, 0.3) is 11.1 Å². The standard InChI is InChI=1S/C14H17FN2O3/c1-8-10(17(2)9-4-3-5-19-7-9)6-11-13(12(8)15)16-14(18)20-11/h6,9H,3-5,7H2,1-2H3,(H,16,18). The van der Waals surface area contributed by atoms with Crippen molar-refractivity contribution in [2.75, 3.05) is 25.2 Å². The molecule has 0 bridgehead atoms. The second kappa shape index (κ2) is 4.94. The van der Waals surface area contributed by atoms with E-state index in [2.05, 4.69) is 4.98 Å². The number of anilines is 1. The van der Waals surface area contributed by atoms with Gasteiger partial charge in [-0.15, -0.1) is 0 Å². The number of nitrogens with zero attached hydrogens (tertiary/aromatic N) is 1. The number of halogens is 1. The number of H-pyrrole nitrogens is 1. The monoisotopic (exact) mass is 280 g/mol. The smallest absolute Gasteiger partial charge is 0.408 e. The van der Waals surface area contributed by atoms with Crippen LogP contribution < -0.4 is 10.7 Å². The molecule has 0 radical (unpaired) electrons. The van der Waals surface area contributed by atoms with Crippen LogP contribution in [0.5, 0.6) is 0 Å². The summed E-state index contributed by atoms with van der Waals surface area (Å²) in [5.74, 6) is -1.08. The zero-order chi connectivity index (χ0) is 14.3. The second-order valence-corrected chi connectivity index (χ2v) is 5.20. The summed E-state index contributed by atoms with van der Waals surface area (Å²) in [6, 6.07) is 1.92. The second-order valence-electron chi connectivity index (χ2n) is 5.20. The van der Waals surface area contributed by atoms with Crippen LogP contribution in [0, 0.1) is 12.7 Å². The maximum absolute atomic E-state index is 14.3. The summed E-state index contributed by atoms with van der Waals surface area (Å²) in [7, 11) is 1.91. The van der Waals surface area contributed by atoms with Crippen LogP contribution in [0.1, 0.15) is 18.4 Å². The van der Waals surface area contributed by atoms with Gasteiger partial charge in [-0.3, -0.25) is 4.98 Å². The number of benzene rings is 1. The molecule has 5 nitrogen and oxygen atoms in total. The molecule has 0 aliphatic carbocycles. The molecule has 2 heterocycles. The first-order valence-electron chi connectivity index (χ1n) is 6.70. The lowest BCUT2D eigenvalue weighted by Gasteiger charge is -2.33. The number of likely N-dealkylation sites (N-methyl/N-ethyl adjacent to an activating group) is 1. The lowest BCUT2D eigenvalue weighted by molar-refractivity contribution is 0.0806. The number of aromatic nitrogens is 1. The molecule has 0 saturated carbocycles. The minimum atomic E-state index is -0.640. The van der Waals surface area contributed by atoms with Crippen molar-refractivity contribution in [3.05, 3.63) is 28.0 Å². The van der Waals surface area contributed by atoms with Gasteiger partial charge in [0, 0.05) is 31.0 Å². The van der Waals surface area contributed by atoms with Crippen molar-refractivity contribution >= 4 is 16.8 Å². The van der Waals surface area contributed by atoms with Crippen molar-refractivity contribution in [1.82, 2.24) is 4.98 Å². The van der Waals surface area contributed by atoms with E-state index in [1.54, 1.807) is 13.0 Å². The molecule has 1 N–H and O–H groups in total. The predicted octanol–water partition coefficient (Wildman–Crippen LogP) is 2.18. The van der Waals surface area contributed by atoms with E-state index in [-0.39, 0.29) is 17.1 Å². The summed E-state index contributed by atoms with van der Waals surface area (Å²) in [4.78, 5) is 15.6. The summed E-state index contributed by atoms with van der Waals surface area (Å²) < 4.78 is 24.8. The first-order valence-corrected chi connectivity index (χ1v) is 6.70. The van der Waals surface area contributed by atoms with Crippen LogP contribution >= 0.6 is 0 Å². The fourth-order valence-corrected chi connectivity index (χ4v) is 2.73. The molecule has 1 aromatic heterocycles. The average molecular weight is 280 g/mol. The molecule has 0 amide bonds. The fraction of sp³-hybridized carbons (Fsp3) is 0.500. The third kappa shape index (κ3) is 2.10. The third-order valence-corrected chi connectivity index (χ3v) is 3.94. The number of aromatic amines is 1. The molecule has 1 atom stereocenters. The number of rotatable bonds is 2. The van der Waals surface area contributed by atoms with Crippen LogP contribution in [0.3, 0.4) is 0 Å². The zero-order valence-corrected chi connectivity index (χ0v) is 11.5. The lowest BCUT2D eigenvalue weighted by Crippen LogP contribution is -2.39. The summed E-state index contributed by atoms with van der Waals surface area (Å²) in [6.07, 6.45) is 2.00. The molecule has 0 spiro atoms. The number of fused-ring (bicyclic) bond motifs is 1. The number of ether oxygens (including phenoxy) is 1. The highest BCUT2D eigenvalue weighted by Crippen LogP contribution is 2.30. The van der Waals surface area contributed by atoms with E-state index in [1.165, 1.54) is 0 Å². The summed E-state index contributed by atoms with van der Waals surface area (Å²) >= 11 is 0. The molecule has 1 aliphatic heterocycles. The maximum Gasteiger partial charge on any atom is 0.417 e. The SMILES string of the molecule is Cc1c(N(C)C2CCCOC2)cc2oc(=O)[nH]c2c1F. The number of hydrogen-bond acceptors (Lipinski definition) is 4. The summed E-state index contributed by atoms with van der Waals surface area (Å²) in [5.41, 5.74) is 1.61. The molecule has 108 valence electrons. The summed E-state index contributed by atoms with van der Waals surface area (Å²) in [5, 5.41) is 0. The third-order valence-electron chi connectivity index (χ3n) is 3.94. The van der Waals surface area contributed by atoms with Gasteiger partial charge >= 0.3 is 5.76 Å². The van der Waals surface area contributed by atoms with Crippen molar-refractivity contribution in [2.45, 2.75) is 25.8 Å². The van der Waals surface area contributed by atoms with E-state index in [0.29, 0.717) is 12.2 Å². The topological polar surface area (TPSA) is 58.5 Å². The quantitative estimate of drug-likeness (QED) is 0.916. The van der Waals surface area contributed by atoms with Crippen LogP contribution in [0.4, 0.5) is 10.1 Å². The Morgan fingerprint density at radius 1 is 1.50 bits per heavy atom. The molecule has 1 aliphatic rings. The molecule has 3 rings (SSSR count). The van der Waals surface area contributed by atoms with Gasteiger partial charge in [-0.05, 0) is 19.8 Å². The van der Waals surface area contributed by atoms with Gasteiger partial charge in [0.15, 0.2) is 11.4 Å². The van der Waals surface area contributed by atoms with Crippen LogP contribution in [-0.4, -0.2) is 31.3 Å². The number of oxazole rings is 1. The first kappa shape index (κ1) is 13.2. The molecule has 1 aromatic carbocycles. The molecule has 2 aromatic rings. The van der Waals surface area contributed by atoms with E-state index in [1.807, 2.05) is 11.9 Å². The van der Waals surface area contributed by atoms with Crippen molar-refractivity contribution in [3.63, 3.8) is 0 Å². The van der Waals surface area contributed by atoms with Gasteiger partial charge in [0.1, 0.15) is 5.52 Å². The average Bonchev–Trinajstić information content (AvgIpc) is 2.84. The predicted molar refractivity (Wildman–Crippen MR) is 73.8 cm³/mol. The van der Waals surface area contributed by atoms with E-state index in [9.17, 15) is 9.18 Å². The molecule has 1 saturated heterocycles. The Labute approximate surface area is 115 Å². The maximum atomic E-state index is 14.3. The van der Waals surface area contributed by atoms with Gasteiger partial charge in [-0.25, -0.2) is 9.18 Å². The lowest BCUT2D eigenvalue weighted by atomic mass is 10.1. The van der Waals surface area contributed by atoms with Gasteiger partial charge in [-0.1, -0.05) is 0 Å². The van der Waals surface area contributed by atoms with E-state index < -0.39 is 11.6 Å². The molecular weight excluding hydrogens is 263 g/mol. The van der Waals surface area contributed by atoms with Crippen molar-refractivity contribution in [1.29, 1.82) is 0 Å². The Balaban J connectivity index is 2.05. The highest BCUT2D eigenvalue weighted by atomic mass is 19.1. The Morgan fingerprint density at radius 2 is 2.30 bits per heavy atom. The largest absolute Gasteiger partial charge is 0.417 e. The van der Waals surface area contributed by atoms with Crippen LogP contribution in [-0.2, 0) is 4.74 Å². The fourth-order valence-electron chi connectivity index (χ4n) is 2.73. The first-order chi connectivity index (χ1) is 9.58. The summed E-state index contributed by atoms with van der Waals surface area (Å²) in [6.45, 7) is 3.12. The highest BCUT2D eigenvalue weighted by molar-refractivity contribution is 5.80. The van der Waals surface area contributed by atoms with Gasteiger partial charge < -0.3 is 14.1 Å². The van der Waals surface area contributed by atoms with Gasteiger partial charge in [0.2, 0.25) is 0 Å². The molecule has 1 fully saturated rings. The van der Waals surface area contributed by atoms with Gasteiger partial charge in [0.05, 0.1) is 12.6 Å². The van der Waals surface area contributed by atoms with E-state index >= 15 is 0 Å². The Kier molecular flexibility index (Phi) is 3.25. The Hall–Kier alpha value is -1.82. The van der Waals surface area contributed by atoms with Gasteiger partial charge in [-0.2, -0.15) is 0 Å². The van der Waals surface area contributed by atoms with E-state index in [0.717, 1.165) is 25.1 Å². The van der Waals surface area contributed by atoms with Gasteiger partial charge in [0.25, 0.3) is 0 Å². The molecule has 6 heteroatoms. The van der Waals surface area contributed by atoms with Crippen LogP contribution in [0.2, 0.25) is 0 Å².